The van der Waals surface area contributed by atoms with Gasteiger partial charge in [-0.05, 0) is 23.7 Å². The van der Waals surface area contributed by atoms with Crippen molar-refractivity contribution in [3.8, 4) is 0 Å². The van der Waals surface area contributed by atoms with Crippen molar-refractivity contribution in [3.63, 3.8) is 0 Å². The summed E-state index contributed by atoms with van der Waals surface area (Å²) in [7, 11) is 0. The zero-order chi connectivity index (χ0) is 19.4. The van der Waals surface area contributed by atoms with Crippen LogP contribution in [0.3, 0.4) is 0 Å². The third-order valence-corrected chi connectivity index (χ3v) is 3.89. The molecule has 146 valence electrons. The van der Waals surface area contributed by atoms with Gasteiger partial charge in [-0.15, -0.1) is 0 Å². The van der Waals surface area contributed by atoms with Crippen molar-refractivity contribution in [1.29, 1.82) is 0 Å². The smallest absolute Gasteiger partial charge is 0.411 e. The number of hydrogen-bond acceptors (Lipinski definition) is 4. The fourth-order valence-corrected chi connectivity index (χ4v) is 2.81. The van der Waals surface area contributed by atoms with E-state index in [4.69, 9.17) is 49.7 Å². The number of rotatable bonds is 8. The quantitative estimate of drug-likeness (QED) is 0.224. The Balaban J connectivity index is -0.000000372. The van der Waals surface area contributed by atoms with E-state index in [9.17, 15) is 0 Å². The van der Waals surface area contributed by atoms with Gasteiger partial charge in [-0.25, -0.2) is 0 Å². The van der Waals surface area contributed by atoms with E-state index < -0.39 is 0 Å². The molecule has 25 heavy (non-hydrogen) atoms. The average Bonchev–Trinajstić information content (AvgIpc) is 2.35. The van der Waals surface area contributed by atoms with Crippen molar-refractivity contribution < 1.29 is 0 Å². The molecule has 0 aromatic carbocycles. The normalized spacial score (nSPS) is 10.4. The molecule has 2 nitrogen and oxygen atoms in total. The van der Waals surface area contributed by atoms with Crippen LogP contribution in [0.25, 0.3) is 0 Å². The molecule has 7 heteroatoms. The van der Waals surface area contributed by atoms with E-state index >= 15 is 0 Å². The van der Waals surface area contributed by atoms with Gasteiger partial charge in [-0.3, -0.25) is 0 Å². The molecule has 0 bridgehead atoms. The van der Waals surface area contributed by atoms with Crippen molar-refractivity contribution in [2.75, 3.05) is 26.2 Å². The van der Waals surface area contributed by atoms with E-state index in [2.05, 4.69) is 65.2 Å². The molecule has 0 N–H and O–H groups in total. The Morgan fingerprint density at radius 3 is 0.840 bits per heavy atom. The van der Waals surface area contributed by atoms with Crippen LogP contribution in [0.5, 0.6) is 0 Å². The first kappa shape index (κ1) is 30.9. The Kier molecular flexibility index (Phi) is 21.3. The fourth-order valence-electron chi connectivity index (χ4n) is 2.21. The standard InChI is InChI=1S/2C9H19NS2.Pb/c2*1-7(2)5-10(9(11)12)6-8(3)4;/h2*7-8H,5-6H2,1-4H3,(H,11,12);/q;;+2/p-2. The van der Waals surface area contributed by atoms with Gasteiger partial charge in [-0.2, -0.15) is 0 Å². The molecule has 0 spiro atoms. The summed E-state index contributed by atoms with van der Waals surface area (Å²) in [4.78, 5) is 4.22. The fraction of sp³-hybridized carbons (Fsp3) is 0.889. The molecule has 0 fully saturated rings. The van der Waals surface area contributed by atoms with E-state index in [0.29, 0.717) is 32.3 Å². The molecule has 0 aliphatic heterocycles. The Hall–Kier alpha value is 1.14. The molecule has 0 saturated carbocycles. The summed E-state index contributed by atoms with van der Waals surface area (Å²) in [6.07, 6.45) is 0. The molecule has 0 unspecified atom stereocenters. The first-order valence-corrected chi connectivity index (χ1v) is 10.4. The predicted octanol–water partition coefficient (Wildman–Crippen LogP) is 4.48. The molecule has 0 aromatic rings. The summed E-state index contributed by atoms with van der Waals surface area (Å²) in [5, 5.41) is 0. The molecular weight excluding hydrogens is 580 g/mol. The van der Waals surface area contributed by atoms with Crippen LogP contribution in [0.1, 0.15) is 55.4 Å². The summed E-state index contributed by atoms with van der Waals surface area (Å²) < 4.78 is 1.22. The minimum absolute atomic E-state index is 0. The topological polar surface area (TPSA) is 6.48 Å². The minimum atomic E-state index is 0. The summed E-state index contributed by atoms with van der Waals surface area (Å²) in [5.74, 6) is 2.52. The van der Waals surface area contributed by atoms with Gasteiger partial charge >= 0.3 is 27.3 Å². The number of hydrogen-bond donors (Lipinski definition) is 0. The van der Waals surface area contributed by atoms with Gasteiger partial charge in [0, 0.05) is 26.2 Å². The molecule has 2 radical (unpaired) electrons. The maximum atomic E-state index is 4.99. The van der Waals surface area contributed by atoms with Crippen LogP contribution >= 0.6 is 24.4 Å². The van der Waals surface area contributed by atoms with Gasteiger partial charge in [0.1, 0.15) is 0 Å². The maximum Gasteiger partial charge on any atom is 2.00 e. The third-order valence-electron chi connectivity index (χ3n) is 2.86. The van der Waals surface area contributed by atoms with Crippen molar-refractivity contribution in [2.45, 2.75) is 55.4 Å². The molecule has 0 aromatic heterocycles. The molecule has 0 atom stereocenters. The molecule has 0 rings (SSSR count). The van der Waals surface area contributed by atoms with Crippen LogP contribution < -0.4 is 0 Å². The maximum absolute atomic E-state index is 4.99. The van der Waals surface area contributed by atoms with Gasteiger partial charge in [-0.1, -0.05) is 64.0 Å². The molecule has 0 aliphatic rings. The van der Waals surface area contributed by atoms with Crippen LogP contribution in [0.4, 0.5) is 0 Å². The van der Waals surface area contributed by atoms with Crippen molar-refractivity contribution in [3.05, 3.63) is 0 Å². The van der Waals surface area contributed by atoms with Crippen LogP contribution in [0.15, 0.2) is 0 Å². The number of thiocarbonyl (C=S) groups is 2. The Morgan fingerprint density at radius 2 is 0.760 bits per heavy atom. The van der Waals surface area contributed by atoms with E-state index in [-0.39, 0.29) is 27.3 Å². The van der Waals surface area contributed by atoms with E-state index in [1.807, 2.05) is 0 Å². The molecular formula is C18H36N2PbS4. The Bertz CT molecular complexity index is 307. The van der Waals surface area contributed by atoms with Gasteiger partial charge in [0.25, 0.3) is 0 Å². The SMILES string of the molecule is CC(C)CN(CC(C)C)C(=S)[S-].CC(C)CN(CC(C)C)C(=S)[S-].[Pb+2]. The second-order valence-electron chi connectivity index (χ2n) is 7.92. The van der Waals surface area contributed by atoms with E-state index in [1.165, 1.54) is 0 Å². The molecule has 0 saturated heterocycles. The zero-order valence-electron chi connectivity index (χ0n) is 17.2. The second kappa shape index (κ2) is 17.3. The second-order valence-corrected chi connectivity index (χ2v) is 9.98. The molecule has 0 heterocycles. The van der Waals surface area contributed by atoms with Gasteiger partial charge in [0.15, 0.2) is 0 Å². The van der Waals surface area contributed by atoms with Crippen LogP contribution in [0, 0.1) is 23.7 Å². The minimum Gasteiger partial charge on any atom is -0.411 e. The van der Waals surface area contributed by atoms with E-state index in [0.717, 1.165) is 26.2 Å². The van der Waals surface area contributed by atoms with Crippen molar-refractivity contribution in [2.24, 2.45) is 23.7 Å². The summed E-state index contributed by atoms with van der Waals surface area (Å²) in [6.45, 7) is 21.4. The van der Waals surface area contributed by atoms with Crippen molar-refractivity contribution >= 4 is 85.6 Å². The Labute approximate surface area is 199 Å². The summed E-state index contributed by atoms with van der Waals surface area (Å²) in [6, 6.07) is 0. The Morgan fingerprint density at radius 1 is 0.600 bits per heavy atom. The predicted molar refractivity (Wildman–Crippen MR) is 128 cm³/mol. The van der Waals surface area contributed by atoms with E-state index in [1.54, 1.807) is 0 Å². The molecule has 0 amide bonds. The average molecular weight is 616 g/mol. The van der Waals surface area contributed by atoms with Crippen LogP contribution in [0.2, 0.25) is 0 Å². The monoisotopic (exact) mass is 616 g/mol. The van der Waals surface area contributed by atoms with Crippen LogP contribution in [-0.2, 0) is 25.3 Å². The molecule has 0 aliphatic carbocycles. The van der Waals surface area contributed by atoms with Crippen molar-refractivity contribution in [1.82, 2.24) is 9.80 Å². The first-order chi connectivity index (χ1) is 10.9. The summed E-state index contributed by atoms with van der Waals surface area (Å²) in [5.41, 5.74) is 0. The van der Waals surface area contributed by atoms with Gasteiger partial charge in [0.05, 0.1) is 0 Å². The first-order valence-electron chi connectivity index (χ1n) is 8.78. The summed E-state index contributed by atoms with van der Waals surface area (Å²) >= 11 is 20.0. The number of nitrogens with zero attached hydrogens (tertiary/aromatic N) is 2. The van der Waals surface area contributed by atoms with Crippen LogP contribution in [-0.4, -0.2) is 71.9 Å². The van der Waals surface area contributed by atoms with Gasteiger partial charge in [0.2, 0.25) is 0 Å². The van der Waals surface area contributed by atoms with Gasteiger partial charge < -0.3 is 59.5 Å². The largest absolute Gasteiger partial charge is 2.00 e. The third kappa shape index (κ3) is 21.3. The zero-order valence-corrected chi connectivity index (χ0v) is 24.3.